The quantitative estimate of drug-likeness (QED) is 0.901. The monoisotopic (exact) mass is 326 g/mol. The molecular weight excluding hydrogens is 308 g/mol. The summed E-state index contributed by atoms with van der Waals surface area (Å²) in [6.45, 7) is 2.43. The van der Waals surface area contributed by atoms with Gasteiger partial charge >= 0.3 is 0 Å². The van der Waals surface area contributed by atoms with Crippen molar-refractivity contribution in [3.63, 3.8) is 0 Å². The molecule has 1 aromatic rings. The van der Waals surface area contributed by atoms with Crippen molar-refractivity contribution < 1.29 is 9.00 Å². The van der Waals surface area contributed by atoms with Gasteiger partial charge in [-0.2, -0.15) is 0 Å². The van der Waals surface area contributed by atoms with E-state index in [1.54, 1.807) is 0 Å². The summed E-state index contributed by atoms with van der Waals surface area (Å²) < 4.78 is 11.7. The Bertz CT molecular complexity index is 572. The smallest absolute Gasteiger partial charge is 0.244 e. The Hall–Kier alpha value is -0.910. The van der Waals surface area contributed by atoms with Crippen LogP contribution in [0.4, 0.5) is 0 Å². The van der Waals surface area contributed by atoms with Gasteiger partial charge in [0.2, 0.25) is 5.91 Å². The third-order valence-corrected chi connectivity index (χ3v) is 5.75. The van der Waals surface area contributed by atoms with Gasteiger partial charge < -0.3 is 4.90 Å². The van der Waals surface area contributed by atoms with E-state index in [1.165, 1.54) is 0 Å². The lowest BCUT2D eigenvalue weighted by Gasteiger charge is -2.24. The van der Waals surface area contributed by atoms with E-state index in [1.807, 2.05) is 36.1 Å². The summed E-state index contributed by atoms with van der Waals surface area (Å²) in [5.41, 5.74) is 0.664. The molecule has 1 saturated heterocycles. The lowest BCUT2D eigenvalue weighted by atomic mass is 10.1. The Morgan fingerprint density at radius 3 is 2.62 bits per heavy atom. The highest BCUT2D eigenvalue weighted by Crippen LogP contribution is 2.45. The second-order valence-electron chi connectivity index (χ2n) is 5.61. The highest BCUT2D eigenvalue weighted by Gasteiger charge is 2.59. The summed E-state index contributed by atoms with van der Waals surface area (Å²) in [6.07, 6.45) is 1.65. The molecular formula is C15H19ClN2O2S. The first-order chi connectivity index (χ1) is 10.1. The van der Waals surface area contributed by atoms with Crippen LogP contribution in [0.15, 0.2) is 24.3 Å². The normalized spacial score (nSPS) is 24.6. The topological polar surface area (TPSA) is 49.4 Å². The van der Waals surface area contributed by atoms with Crippen LogP contribution in [-0.2, 0) is 15.6 Å². The molecule has 1 saturated carbocycles. The maximum Gasteiger partial charge on any atom is 0.244 e. The van der Waals surface area contributed by atoms with Gasteiger partial charge in [-0.05, 0) is 30.5 Å². The molecule has 2 unspecified atom stereocenters. The Kier molecular flexibility index (Phi) is 4.08. The molecule has 0 bridgehead atoms. The number of hydrogen-bond acceptors (Lipinski definition) is 3. The number of benzene rings is 1. The first-order valence-electron chi connectivity index (χ1n) is 7.25. The van der Waals surface area contributed by atoms with Gasteiger partial charge in [-0.25, -0.2) is 0 Å². The molecule has 1 heterocycles. The molecule has 1 amide bonds. The van der Waals surface area contributed by atoms with E-state index >= 15 is 0 Å². The Labute approximate surface area is 132 Å². The first kappa shape index (κ1) is 15.0. The van der Waals surface area contributed by atoms with Crippen molar-refractivity contribution in [2.75, 3.05) is 18.1 Å². The number of nitrogens with zero attached hydrogens (tertiary/aromatic N) is 1. The number of carbonyl (C=O) groups is 1. The molecule has 0 radical (unpaired) electrons. The van der Waals surface area contributed by atoms with E-state index < -0.39 is 10.8 Å². The van der Waals surface area contributed by atoms with Crippen molar-refractivity contribution in [1.29, 1.82) is 0 Å². The fourth-order valence-electron chi connectivity index (χ4n) is 2.76. The molecule has 2 aliphatic rings. The molecule has 1 aliphatic carbocycles. The van der Waals surface area contributed by atoms with Crippen molar-refractivity contribution >= 4 is 28.3 Å². The van der Waals surface area contributed by atoms with Crippen molar-refractivity contribution in [3.8, 4) is 0 Å². The predicted octanol–water partition coefficient (Wildman–Crippen LogP) is 2.07. The van der Waals surface area contributed by atoms with Gasteiger partial charge in [0.05, 0.1) is 0 Å². The van der Waals surface area contributed by atoms with Crippen molar-refractivity contribution in [3.05, 3.63) is 34.9 Å². The number of rotatable bonds is 5. The summed E-state index contributed by atoms with van der Waals surface area (Å²) in [5.74, 6) is 1.31. The summed E-state index contributed by atoms with van der Waals surface area (Å²) in [7, 11) is -0.860. The maximum absolute atomic E-state index is 12.6. The van der Waals surface area contributed by atoms with E-state index in [2.05, 4.69) is 5.32 Å². The third-order valence-electron chi connectivity index (χ3n) is 4.21. The third kappa shape index (κ3) is 2.87. The number of carbonyl (C=O) groups excluding carboxylic acids is 1. The fourth-order valence-corrected chi connectivity index (χ4v) is 3.58. The molecule has 2 atom stereocenters. The van der Waals surface area contributed by atoms with Gasteiger partial charge in [0.25, 0.3) is 0 Å². The van der Waals surface area contributed by atoms with E-state index in [9.17, 15) is 9.00 Å². The van der Waals surface area contributed by atoms with Crippen LogP contribution in [0.3, 0.4) is 0 Å². The van der Waals surface area contributed by atoms with E-state index in [4.69, 9.17) is 11.6 Å². The van der Waals surface area contributed by atoms with Crippen LogP contribution in [0.25, 0.3) is 0 Å². The Morgan fingerprint density at radius 1 is 1.38 bits per heavy atom. The molecule has 1 spiro atoms. The van der Waals surface area contributed by atoms with Crippen LogP contribution in [-0.4, -0.2) is 38.6 Å². The summed E-state index contributed by atoms with van der Waals surface area (Å²) in [6, 6.07) is 7.56. The zero-order chi connectivity index (χ0) is 15.0. The van der Waals surface area contributed by atoms with Crippen LogP contribution >= 0.6 is 11.6 Å². The van der Waals surface area contributed by atoms with Gasteiger partial charge in [-0.15, -0.1) is 0 Å². The second-order valence-corrected chi connectivity index (χ2v) is 7.91. The first-order valence-corrected chi connectivity index (χ1v) is 9.11. The average molecular weight is 327 g/mol. The number of hydrogen-bond donors (Lipinski definition) is 1. The summed E-state index contributed by atoms with van der Waals surface area (Å²) in [4.78, 5) is 14.4. The Morgan fingerprint density at radius 2 is 2.05 bits per heavy atom. The summed E-state index contributed by atoms with van der Waals surface area (Å²) >= 11 is 5.93. The predicted molar refractivity (Wildman–Crippen MR) is 84.6 cm³/mol. The highest BCUT2D eigenvalue weighted by atomic mass is 35.5. The van der Waals surface area contributed by atoms with Crippen LogP contribution in [0.1, 0.15) is 31.5 Å². The van der Waals surface area contributed by atoms with E-state index in [0.29, 0.717) is 23.1 Å². The molecule has 6 heteroatoms. The minimum Gasteiger partial charge on any atom is -0.320 e. The molecule has 1 aliphatic heterocycles. The molecule has 114 valence electrons. The largest absolute Gasteiger partial charge is 0.320 e. The molecule has 3 rings (SSSR count). The zero-order valence-corrected chi connectivity index (χ0v) is 13.5. The van der Waals surface area contributed by atoms with Gasteiger partial charge in [-0.1, -0.05) is 30.7 Å². The lowest BCUT2D eigenvalue weighted by molar-refractivity contribution is -0.130. The van der Waals surface area contributed by atoms with E-state index in [-0.39, 0.29) is 17.6 Å². The molecule has 2 fully saturated rings. The van der Waals surface area contributed by atoms with Crippen LogP contribution in [0.5, 0.6) is 0 Å². The molecule has 1 N–H and O–H groups in total. The number of amides is 1. The van der Waals surface area contributed by atoms with Gasteiger partial charge in [0.15, 0.2) is 0 Å². The van der Waals surface area contributed by atoms with Crippen LogP contribution < -0.4 is 5.32 Å². The van der Waals surface area contributed by atoms with Crippen LogP contribution in [0, 0.1) is 0 Å². The molecule has 1 aromatic carbocycles. The molecule has 0 aromatic heterocycles. The highest BCUT2D eigenvalue weighted by molar-refractivity contribution is 7.84. The van der Waals surface area contributed by atoms with Crippen molar-refractivity contribution in [2.24, 2.45) is 0 Å². The van der Waals surface area contributed by atoms with Crippen molar-refractivity contribution in [1.82, 2.24) is 10.2 Å². The lowest BCUT2D eigenvalue weighted by Crippen LogP contribution is -2.35. The van der Waals surface area contributed by atoms with Gasteiger partial charge in [-0.3, -0.25) is 14.3 Å². The van der Waals surface area contributed by atoms with Crippen molar-refractivity contribution in [2.45, 2.75) is 31.5 Å². The number of halogens is 1. The SMILES string of the molecule is CCS(=O)CCN1C(=O)C2(CC2)NC1c1ccc(Cl)cc1. The van der Waals surface area contributed by atoms with E-state index in [0.717, 1.165) is 18.4 Å². The minimum atomic E-state index is -0.860. The second kappa shape index (κ2) is 5.71. The Balaban J connectivity index is 1.81. The molecule has 21 heavy (non-hydrogen) atoms. The molecule has 4 nitrogen and oxygen atoms in total. The fraction of sp³-hybridized carbons (Fsp3) is 0.533. The maximum atomic E-state index is 12.6. The van der Waals surface area contributed by atoms with Crippen LogP contribution in [0.2, 0.25) is 5.02 Å². The summed E-state index contributed by atoms with van der Waals surface area (Å²) in [5, 5.41) is 4.14. The zero-order valence-electron chi connectivity index (χ0n) is 12.0. The standard InChI is InChI=1S/C15H19ClN2O2S/c1-2-21(20)10-9-18-13(11-3-5-12(16)6-4-11)17-15(7-8-15)14(18)19/h3-6,13,17H,2,7-10H2,1H3. The van der Waals surface area contributed by atoms with Gasteiger partial charge in [0.1, 0.15) is 11.7 Å². The number of nitrogens with one attached hydrogen (secondary N) is 1. The van der Waals surface area contributed by atoms with Gasteiger partial charge in [0, 0.05) is 33.9 Å². The average Bonchev–Trinajstić information content (AvgIpc) is 3.21. The minimum absolute atomic E-state index is 0.133.